The zero-order chi connectivity index (χ0) is 13.5. The number of carbonyl (C=O) groups is 1. The molecule has 1 aliphatic rings. The van der Waals surface area contributed by atoms with Gasteiger partial charge < -0.3 is 15.0 Å². The van der Waals surface area contributed by atoms with Crippen LogP contribution in [0.2, 0.25) is 0 Å². The molecule has 0 aromatic rings. The second-order valence-corrected chi connectivity index (χ2v) is 5.44. The molecule has 4 heteroatoms. The predicted molar refractivity (Wildman–Crippen MR) is 73.6 cm³/mol. The molecule has 1 N–H and O–H groups in total. The van der Waals surface area contributed by atoms with E-state index in [-0.39, 0.29) is 12.0 Å². The third-order valence-corrected chi connectivity index (χ3v) is 3.45. The van der Waals surface area contributed by atoms with Crippen molar-refractivity contribution in [1.29, 1.82) is 0 Å². The van der Waals surface area contributed by atoms with Crippen molar-refractivity contribution in [3.63, 3.8) is 0 Å². The molecule has 1 saturated carbocycles. The van der Waals surface area contributed by atoms with Gasteiger partial charge in [-0.3, -0.25) is 4.79 Å². The van der Waals surface area contributed by atoms with E-state index < -0.39 is 0 Å². The van der Waals surface area contributed by atoms with Crippen molar-refractivity contribution in [2.45, 2.75) is 64.6 Å². The predicted octanol–water partition coefficient (Wildman–Crippen LogP) is 1.79. The smallest absolute Gasteiger partial charge is 0.322 e. The maximum absolute atomic E-state index is 11.7. The molecule has 0 radical (unpaired) electrons. The fraction of sp³-hybridized carbons (Fsp3) is 0.929. The van der Waals surface area contributed by atoms with E-state index in [4.69, 9.17) is 4.74 Å². The van der Waals surface area contributed by atoms with Gasteiger partial charge in [0, 0.05) is 18.6 Å². The van der Waals surface area contributed by atoms with Crippen LogP contribution < -0.4 is 5.32 Å². The summed E-state index contributed by atoms with van der Waals surface area (Å²) in [6.07, 6.45) is 4.37. The molecule has 1 fully saturated rings. The van der Waals surface area contributed by atoms with Gasteiger partial charge in [-0.25, -0.2) is 0 Å². The quantitative estimate of drug-likeness (QED) is 0.639. The van der Waals surface area contributed by atoms with Gasteiger partial charge in [0.1, 0.15) is 6.04 Å². The van der Waals surface area contributed by atoms with Crippen molar-refractivity contribution < 1.29 is 9.53 Å². The largest absolute Gasteiger partial charge is 0.468 e. The summed E-state index contributed by atoms with van der Waals surface area (Å²) in [5.74, 6) is -0.123. The van der Waals surface area contributed by atoms with Crippen LogP contribution in [0.1, 0.15) is 46.5 Å². The number of hydrogen-bond donors (Lipinski definition) is 1. The number of nitrogens with one attached hydrogen (secondary N) is 1. The van der Waals surface area contributed by atoms with E-state index in [0.29, 0.717) is 12.1 Å². The van der Waals surface area contributed by atoms with Crippen molar-refractivity contribution in [1.82, 2.24) is 10.2 Å². The molecular formula is C14H28N2O2. The Morgan fingerprint density at radius 1 is 1.39 bits per heavy atom. The molecule has 0 aliphatic heterocycles. The average molecular weight is 256 g/mol. The van der Waals surface area contributed by atoms with Crippen molar-refractivity contribution in [2.24, 2.45) is 0 Å². The summed E-state index contributed by atoms with van der Waals surface area (Å²) in [7, 11) is 1.47. The highest BCUT2D eigenvalue weighted by molar-refractivity contribution is 5.75. The highest BCUT2D eigenvalue weighted by atomic mass is 16.5. The van der Waals surface area contributed by atoms with E-state index >= 15 is 0 Å². The average Bonchev–Trinajstić information content (AvgIpc) is 3.15. The molecule has 1 rings (SSSR count). The Morgan fingerprint density at radius 2 is 2.06 bits per heavy atom. The zero-order valence-corrected chi connectivity index (χ0v) is 12.2. The van der Waals surface area contributed by atoms with Crippen molar-refractivity contribution in [3.05, 3.63) is 0 Å². The number of rotatable bonds is 9. The third kappa shape index (κ3) is 5.36. The van der Waals surface area contributed by atoms with Crippen molar-refractivity contribution in [2.75, 3.05) is 20.2 Å². The summed E-state index contributed by atoms with van der Waals surface area (Å²) in [5.41, 5.74) is 0. The van der Waals surface area contributed by atoms with E-state index in [1.165, 1.54) is 20.0 Å². The molecule has 106 valence electrons. The minimum absolute atomic E-state index is 0.123. The van der Waals surface area contributed by atoms with Gasteiger partial charge in [0.15, 0.2) is 0 Å². The van der Waals surface area contributed by atoms with Gasteiger partial charge in [0.2, 0.25) is 0 Å². The van der Waals surface area contributed by atoms with Gasteiger partial charge >= 0.3 is 5.97 Å². The first kappa shape index (κ1) is 15.4. The van der Waals surface area contributed by atoms with Crippen LogP contribution in [-0.2, 0) is 9.53 Å². The fourth-order valence-corrected chi connectivity index (χ4v) is 2.16. The summed E-state index contributed by atoms with van der Waals surface area (Å²) in [6, 6.07) is 0.928. The van der Waals surface area contributed by atoms with Crippen LogP contribution in [0.15, 0.2) is 0 Å². The first-order valence-electron chi connectivity index (χ1n) is 7.16. The van der Waals surface area contributed by atoms with E-state index in [1.807, 2.05) is 0 Å². The molecule has 4 nitrogen and oxygen atoms in total. The molecular weight excluding hydrogens is 228 g/mol. The van der Waals surface area contributed by atoms with Gasteiger partial charge in [-0.15, -0.1) is 0 Å². The van der Waals surface area contributed by atoms with Crippen LogP contribution in [0, 0.1) is 0 Å². The standard InChI is InChI=1S/C14H28N2O2/c1-5-9-16(11(2)3)10-8-13(14(17)18-4)15-12-6-7-12/h11-13,15H,5-10H2,1-4H3. The van der Waals surface area contributed by atoms with Crippen LogP contribution >= 0.6 is 0 Å². The second kappa shape index (κ2) is 7.74. The van der Waals surface area contributed by atoms with E-state index in [1.54, 1.807) is 0 Å². The van der Waals surface area contributed by atoms with Crippen LogP contribution in [-0.4, -0.2) is 49.2 Å². The topological polar surface area (TPSA) is 41.6 Å². The van der Waals surface area contributed by atoms with Crippen LogP contribution in [0.5, 0.6) is 0 Å². The normalized spacial score (nSPS) is 17.2. The highest BCUT2D eigenvalue weighted by Crippen LogP contribution is 2.20. The van der Waals surface area contributed by atoms with Crippen molar-refractivity contribution >= 4 is 5.97 Å². The Hall–Kier alpha value is -0.610. The Bertz CT molecular complexity index is 252. The first-order chi connectivity index (χ1) is 8.58. The van der Waals surface area contributed by atoms with Gasteiger partial charge in [-0.05, 0) is 46.1 Å². The first-order valence-corrected chi connectivity index (χ1v) is 7.16. The number of methoxy groups -OCH3 is 1. The van der Waals surface area contributed by atoms with Gasteiger partial charge in [-0.2, -0.15) is 0 Å². The Morgan fingerprint density at radius 3 is 2.50 bits per heavy atom. The minimum Gasteiger partial charge on any atom is -0.468 e. The lowest BCUT2D eigenvalue weighted by atomic mass is 10.1. The Labute approximate surface area is 111 Å². The molecule has 18 heavy (non-hydrogen) atoms. The number of ether oxygens (including phenoxy) is 1. The van der Waals surface area contributed by atoms with Crippen LogP contribution in [0.25, 0.3) is 0 Å². The molecule has 0 amide bonds. The van der Waals surface area contributed by atoms with Gasteiger partial charge in [0.05, 0.1) is 7.11 Å². The summed E-state index contributed by atoms with van der Waals surface area (Å²) < 4.78 is 4.87. The number of hydrogen-bond acceptors (Lipinski definition) is 4. The van der Waals surface area contributed by atoms with Crippen LogP contribution in [0.3, 0.4) is 0 Å². The summed E-state index contributed by atoms with van der Waals surface area (Å²) in [4.78, 5) is 14.1. The lowest BCUT2D eigenvalue weighted by Gasteiger charge is -2.27. The lowest BCUT2D eigenvalue weighted by Crippen LogP contribution is -2.43. The number of carbonyl (C=O) groups excluding carboxylic acids is 1. The molecule has 0 aromatic heterocycles. The lowest BCUT2D eigenvalue weighted by molar-refractivity contribution is -0.143. The third-order valence-electron chi connectivity index (χ3n) is 3.45. The Kier molecular flexibility index (Phi) is 6.65. The zero-order valence-electron chi connectivity index (χ0n) is 12.2. The molecule has 0 heterocycles. The monoisotopic (exact) mass is 256 g/mol. The SMILES string of the molecule is CCCN(CCC(NC1CC1)C(=O)OC)C(C)C. The maximum atomic E-state index is 11.7. The molecule has 1 aliphatic carbocycles. The summed E-state index contributed by atoms with van der Waals surface area (Å²) >= 11 is 0. The number of esters is 1. The van der Waals surface area contributed by atoms with Gasteiger partial charge in [0.25, 0.3) is 0 Å². The maximum Gasteiger partial charge on any atom is 0.322 e. The molecule has 0 aromatic carbocycles. The van der Waals surface area contributed by atoms with Crippen molar-refractivity contribution in [3.8, 4) is 0 Å². The molecule has 1 atom stereocenters. The van der Waals surface area contributed by atoms with E-state index in [0.717, 1.165) is 25.9 Å². The Balaban J connectivity index is 2.40. The minimum atomic E-state index is -0.138. The summed E-state index contributed by atoms with van der Waals surface area (Å²) in [5, 5.41) is 3.38. The molecule has 0 bridgehead atoms. The van der Waals surface area contributed by atoms with E-state index in [9.17, 15) is 4.79 Å². The van der Waals surface area contributed by atoms with Crippen LogP contribution in [0.4, 0.5) is 0 Å². The highest BCUT2D eigenvalue weighted by Gasteiger charge is 2.29. The molecule has 1 unspecified atom stereocenters. The molecule has 0 saturated heterocycles. The second-order valence-electron chi connectivity index (χ2n) is 5.44. The fourth-order valence-electron chi connectivity index (χ4n) is 2.16. The molecule has 0 spiro atoms. The summed E-state index contributed by atoms with van der Waals surface area (Å²) in [6.45, 7) is 8.64. The number of nitrogens with zero attached hydrogens (tertiary/aromatic N) is 1. The van der Waals surface area contributed by atoms with E-state index in [2.05, 4.69) is 31.0 Å². The van der Waals surface area contributed by atoms with Gasteiger partial charge in [-0.1, -0.05) is 6.92 Å².